The minimum Gasteiger partial charge on any atom is -0.368 e. The Balaban J connectivity index is 4.98. The summed E-state index contributed by atoms with van der Waals surface area (Å²) in [6.07, 6.45) is 0.412. The minimum absolute atomic E-state index is 0.131. The number of primary amides is 1. The van der Waals surface area contributed by atoms with Crippen molar-refractivity contribution in [1.29, 1.82) is 5.26 Å². The molecule has 0 aliphatic rings. The fourth-order valence-electron chi connectivity index (χ4n) is 1.48. The largest absolute Gasteiger partial charge is 0.368 e. The maximum Gasteiger partial charge on any atom is 0.243 e. The van der Waals surface area contributed by atoms with Crippen LogP contribution in [-0.2, 0) is 9.59 Å². The highest BCUT2D eigenvalue weighted by molar-refractivity contribution is 5.88. The molecule has 0 aromatic rings. The van der Waals surface area contributed by atoms with E-state index < -0.39 is 11.3 Å². The highest BCUT2D eigenvalue weighted by Crippen LogP contribution is 2.23. The predicted molar refractivity (Wildman–Crippen MR) is 64.6 cm³/mol. The highest BCUT2D eigenvalue weighted by atomic mass is 16.2. The van der Waals surface area contributed by atoms with Gasteiger partial charge in [-0.3, -0.25) is 9.59 Å². The van der Waals surface area contributed by atoms with Crippen molar-refractivity contribution in [3.63, 3.8) is 0 Å². The molecule has 17 heavy (non-hydrogen) atoms. The summed E-state index contributed by atoms with van der Waals surface area (Å²) < 4.78 is 0. The summed E-state index contributed by atoms with van der Waals surface area (Å²) in [7, 11) is 0. The van der Waals surface area contributed by atoms with Crippen LogP contribution in [0.15, 0.2) is 0 Å². The van der Waals surface area contributed by atoms with Gasteiger partial charge < -0.3 is 10.6 Å². The lowest BCUT2D eigenvalue weighted by Gasteiger charge is -2.29. The van der Waals surface area contributed by atoms with E-state index in [1.165, 1.54) is 4.90 Å². The molecule has 1 atom stereocenters. The van der Waals surface area contributed by atoms with E-state index in [1.54, 1.807) is 13.8 Å². The third kappa shape index (κ3) is 4.43. The van der Waals surface area contributed by atoms with Gasteiger partial charge in [0.1, 0.15) is 5.41 Å². The standard InChI is InChI=1S/C12H21N3O2/c1-5-12(4,8-13)11(17)15(6-9(2)3)7-10(14)16/h9H,5-7H2,1-4H3,(H2,14,16). The van der Waals surface area contributed by atoms with E-state index >= 15 is 0 Å². The van der Waals surface area contributed by atoms with Gasteiger partial charge in [0.25, 0.3) is 0 Å². The number of carbonyl (C=O) groups excluding carboxylic acids is 2. The zero-order valence-electron chi connectivity index (χ0n) is 11.0. The number of hydrogen-bond donors (Lipinski definition) is 1. The van der Waals surface area contributed by atoms with Crippen molar-refractivity contribution in [2.75, 3.05) is 13.1 Å². The van der Waals surface area contributed by atoms with Gasteiger partial charge >= 0.3 is 0 Å². The molecule has 0 rings (SSSR count). The van der Waals surface area contributed by atoms with E-state index in [0.29, 0.717) is 13.0 Å². The molecule has 0 bridgehead atoms. The van der Waals surface area contributed by atoms with Crippen LogP contribution >= 0.6 is 0 Å². The van der Waals surface area contributed by atoms with E-state index in [0.717, 1.165) is 0 Å². The molecule has 0 aromatic heterocycles. The van der Waals surface area contributed by atoms with Crippen LogP contribution in [0.2, 0.25) is 0 Å². The Kier molecular flexibility index (Phi) is 5.66. The van der Waals surface area contributed by atoms with Gasteiger partial charge in [0.15, 0.2) is 0 Å². The monoisotopic (exact) mass is 239 g/mol. The molecule has 2 N–H and O–H groups in total. The summed E-state index contributed by atoms with van der Waals surface area (Å²) in [6, 6.07) is 2.01. The molecule has 0 spiro atoms. The molecular weight excluding hydrogens is 218 g/mol. The molecule has 96 valence electrons. The third-order valence-corrected chi connectivity index (χ3v) is 2.65. The molecule has 0 aliphatic heterocycles. The molecule has 5 heteroatoms. The fraction of sp³-hybridized carbons (Fsp3) is 0.750. The number of nitriles is 1. The first-order valence-corrected chi connectivity index (χ1v) is 5.75. The van der Waals surface area contributed by atoms with Gasteiger partial charge in [-0.25, -0.2) is 0 Å². The summed E-state index contributed by atoms with van der Waals surface area (Å²) in [5.74, 6) is -0.663. The molecule has 0 heterocycles. The van der Waals surface area contributed by atoms with Gasteiger partial charge in [-0.1, -0.05) is 20.8 Å². The zero-order chi connectivity index (χ0) is 13.6. The van der Waals surface area contributed by atoms with Gasteiger partial charge in [0.2, 0.25) is 11.8 Å². The first-order chi connectivity index (χ1) is 7.76. The zero-order valence-corrected chi connectivity index (χ0v) is 11.0. The summed E-state index contributed by atoms with van der Waals surface area (Å²) in [6.45, 7) is 7.55. The van der Waals surface area contributed by atoms with Crippen LogP contribution < -0.4 is 5.73 Å². The maximum absolute atomic E-state index is 12.2. The van der Waals surface area contributed by atoms with Gasteiger partial charge in [0.05, 0.1) is 12.6 Å². The van der Waals surface area contributed by atoms with E-state index in [2.05, 4.69) is 0 Å². The van der Waals surface area contributed by atoms with Crippen molar-refractivity contribution in [3.05, 3.63) is 0 Å². The Morgan fingerprint density at radius 2 is 2.00 bits per heavy atom. The lowest BCUT2D eigenvalue weighted by atomic mass is 9.87. The van der Waals surface area contributed by atoms with Crippen molar-refractivity contribution in [2.45, 2.75) is 34.1 Å². The SMILES string of the molecule is CCC(C)(C#N)C(=O)N(CC(N)=O)CC(C)C. The van der Waals surface area contributed by atoms with E-state index in [9.17, 15) is 9.59 Å². The van der Waals surface area contributed by atoms with Crippen molar-refractivity contribution in [2.24, 2.45) is 17.1 Å². The predicted octanol–water partition coefficient (Wildman–Crippen LogP) is 0.896. The van der Waals surface area contributed by atoms with E-state index in [4.69, 9.17) is 11.0 Å². The first-order valence-electron chi connectivity index (χ1n) is 5.75. The number of hydrogen-bond acceptors (Lipinski definition) is 3. The summed E-state index contributed by atoms with van der Waals surface area (Å²) >= 11 is 0. The highest BCUT2D eigenvalue weighted by Gasteiger charge is 2.35. The van der Waals surface area contributed by atoms with Crippen molar-refractivity contribution >= 4 is 11.8 Å². The van der Waals surface area contributed by atoms with Crippen LogP contribution in [0.5, 0.6) is 0 Å². The lowest BCUT2D eigenvalue weighted by molar-refractivity contribution is -0.141. The Labute approximate surface area is 103 Å². The molecule has 0 aliphatic carbocycles. The number of nitrogens with zero attached hydrogens (tertiary/aromatic N) is 2. The average Bonchev–Trinajstić information content (AvgIpc) is 2.24. The van der Waals surface area contributed by atoms with Gasteiger partial charge in [-0.05, 0) is 19.3 Å². The number of nitrogens with two attached hydrogens (primary N) is 1. The Morgan fingerprint density at radius 3 is 2.29 bits per heavy atom. The molecule has 0 saturated carbocycles. The Morgan fingerprint density at radius 1 is 1.47 bits per heavy atom. The second-order valence-corrected chi connectivity index (χ2v) is 4.84. The van der Waals surface area contributed by atoms with E-state index in [-0.39, 0.29) is 18.4 Å². The number of carbonyl (C=O) groups is 2. The van der Waals surface area contributed by atoms with Crippen molar-refractivity contribution in [1.82, 2.24) is 4.90 Å². The smallest absolute Gasteiger partial charge is 0.243 e. The molecule has 0 saturated heterocycles. The molecule has 0 aromatic carbocycles. The van der Waals surface area contributed by atoms with Crippen molar-refractivity contribution < 1.29 is 9.59 Å². The number of rotatable bonds is 6. The summed E-state index contributed by atoms with van der Waals surface area (Å²) in [4.78, 5) is 24.5. The maximum atomic E-state index is 12.2. The molecular formula is C12H21N3O2. The normalized spacial score (nSPS) is 13.9. The van der Waals surface area contributed by atoms with Gasteiger partial charge in [-0.15, -0.1) is 0 Å². The van der Waals surface area contributed by atoms with Crippen LogP contribution in [-0.4, -0.2) is 29.8 Å². The number of amides is 2. The lowest BCUT2D eigenvalue weighted by Crippen LogP contribution is -2.46. The Bertz CT molecular complexity index is 333. The fourth-order valence-corrected chi connectivity index (χ4v) is 1.48. The molecule has 5 nitrogen and oxygen atoms in total. The topological polar surface area (TPSA) is 87.2 Å². The minimum atomic E-state index is -1.08. The molecule has 2 amide bonds. The molecule has 1 unspecified atom stereocenters. The van der Waals surface area contributed by atoms with Gasteiger partial charge in [-0.2, -0.15) is 5.26 Å². The molecule has 0 fully saturated rings. The third-order valence-electron chi connectivity index (χ3n) is 2.65. The molecule has 0 radical (unpaired) electrons. The summed E-state index contributed by atoms with van der Waals surface area (Å²) in [5.41, 5.74) is 4.04. The van der Waals surface area contributed by atoms with Gasteiger partial charge in [0, 0.05) is 6.54 Å². The average molecular weight is 239 g/mol. The quantitative estimate of drug-likeness (QED) is 0.746. The first kappa shape index (κ1) is 15.4. The van der Waals surface area contributed by atoms with Crippen LogP contribution in [0, 0.1) is 22.7 Å². The van der Waals surface area contributed by atoms with Crippen LogP contribution in [0.1, 0.15) is 34.1 Å². The second kappa shape index (κ2) is 6.24. The van der Waals surface area contributed by atoms with Crippen LogP contribution in [0.4, 0.5) is 0 Å². The Hall–Kier alpha value is -1.57. The van der Waals surface area contributed by atoms with Crippen LogP contribution in [0.3, 0.4) is 0 Å². The van der Waals surface area contributed by atoms with Crippen molar-refractivity contribution in [3.8, 4) is 6.07 Å². The summed E-state index contributed by atoms with van der Waals surface area (Å²) in [5, 5.41) is 9.06. The van der Waals surface area contributed by atoms with E-state index in [1.807, 2.05) is 19.9 Å². The second-order valence-electron chi connectivity index (χ2n) is 4.84. The van der Waals surface area contributed by atoms with Crippen LogP contribution in [0.25, 0.3) is 0 Å².